The Kier molecular flexibility index (Phi) is 4.55. The zero-order chi connectivity index (χ0) is 13.8. The lowest BCUT2D eigenvalue weighted by atomic mass is 10.0. The van der Waals surface area contributed by atoms with E-state index in [9.17, 15) is 4.79 Å². The molecule has 0 aliphatic carbocycles. The molecule has 0 aliphatic heterocycles. The normalized spacial score (nSPS) is 12.1. The SMILES string of the molecule is N[C@@H](Cc1ccc(-c2ccc(I)cc2)cc1)C(=O)O. The van der Waals surface area contributed by atoms with Gasteiger partial charge in [-0.05, 0) is 57.8 Å². The molecule has 3 nitrogen and oxygen atoms in total. The Morgan fingerprint density at radius 1 is 1.05 bits per heavy atom. The molecule has 0 spiro atoms. The first-order valence-corrected chi connectivity index (χ1v) is 6.97. The van der Waals surface area contributed by atoms with Crippen molar-refractivity contribution in [3.05, 3.63) is 57.7 Å². The van der Waals surface area contributed by atoms with Gasteiger partial charge in [-0.15, -0.1) is 0 Å². The fraction of sp³-hybridized carbons (Fsp3) is 0.133. The van der Waals surface area contributed by atoms with Crippen LogP contribution in [0.4, 0.5) is 0 Å². The summed E-state index contributed by atoms with van der Waals surface area (Å²) in [5.41, 5.74) is 8.71. The molecule has 19 heavy (non-hydrogen) atoms. The lowest BCUT2D eigenvalue weighted by molar-refractivity contribution is -0.138. The summed E-state index contributed by atoms with van der Waals surface area (Å²) in [7, 11) is 0. The van der Waals surface area contributed by atoms with E-state index in [2.05, 4.69) is 46.9 Å². The summed E-state index contributed by atoms with van der Waals surface area (Å²) in [5, 5.41) is 8.78. The number of halogens is 1. The summed E-state index contributed by atoms with van der Waals surface area (Å²) >= 11 is 2.27. The van der Waals surface area contributed by atoms with Crippen LogP contribution in [-0.2, 0) is 11.2 Å². The molecular weight excluding hydrogens is 353 g/mol. The van der Waals surface area contributed by atoms with Crippen LogP contribution in [0.1, 0.15) is 5.56 Å². The summed E-state index contributed by atoms with van der Waals surface area (Å²) in [4.78, 5) is 10.7. The molecule has 3 N–H and O–H groups in total. The minimum atomic E-state index is -0.971. The van der Waals surface area contributed by atoms with E-state index in [1.54, 1.807) is 0 Å². The predicted molar refractivity (Wildman–Crippen MR) is 83.9 cm³/mol. The summed E-state index contributed by atoms with van der Waals surface area (Å²) in [5.74, 6) is -0.971. The standard InChI is InChI=1S/C15H14INO2/c16-13-7-5-12(6-8-13)11-3-1-10(2-4-11)9-14(17)15(18)19/h1-8,14H,9,17H2,(H,18,19)/t14-/m0/s1. The molecular formula is C15H14INO2. The molecule has 4 heteroatoms. The smallest absolute Gasteiger partial charge is 0.320 e. The number of hydrogen-bond donors (Lipinski definition) is 2. The van der Waals surface area contributed by atoms with Gasteiger partial charge in [-0.25, -0.2) is 0 Å². The Balaban J connectivity index is 2.14. The minimum Gasteiger partial charge on any atom is -0.480 e. The van der Waals surface area contributed by atoms with Gasteiger partial charge in [-0.2, -0.15) is 0 Å². The van der Waals surface area contributed by atoms with Gasteiger partial charge in [0.1, 0.15) is 6.04 Å². The van der Waals surface area contributed by atoms with Crippen molar-refractivity contribution in [3.8, 4) is 11.1 Å². The van der Waals surface area contributed by atoms with Gasteiger partial charge < -0.3 is 10.8 Å². The van der Waals surface area contributed by atoms with Gasteiger partial charge in [-0.1, -0.05) is 36.4 Å². The number of benzene rings is 2. The summed E-state index contributed by atoms with van der Waals surface area (Å²) in [6.45, 7) is 0. The van der Waals surface area contributed by atoms with Crippen molar-refractivity contribution in [1.29, 1.82) is 0 Å². The number of aliphatic carboxylic acids is 1. The zero-order valence-electron chi connectivity index (χ0n) is 10.2. The molecule has 0 unspecified atom stereocenters. The van der Waals surface area contributed by atoms with Gasteiger partial charge >= 0.3 is 5.97 Å². The van der Waals surface area contributed by atoms with Gasteiger partial charge in [0.15, 0.2) is 0 Å². The first-order valence-electron chi connectivity index (χ1n) is 5.89. The fourth-order valence-corrected chi connectivity index (χ4v) is 2.18. The van der Waals surface area contributed by atoms with E-state index >= 15 is 0 Å². The molecule has 0 aliphatic rings. The van der Waals surface area contributed by atoms with Crippen molar-refractivity contribution >= 4 is 28.6 Å². The van der Waals surface area contributed by atoms with Crippen LogP contribution in [0.25, 0.3) is 11.1 Å². The Bertz CT molecular complexity index is 564. The van der Waals surface area contributed by atoms with E-state index < -0.39 is 12.0 Å². The van der Waals surface area contributed by atoms with E-state index in [4.69, 9.17) is 10.8 Å². The number of nitrogens with two attached hydrogens (primary N) is 1. The number of carboxylic acids is 1. The van der Waals surface area contributed by atoms with Crippen molar-refractivity contribution in [2.45, 2.75) is 12.5 Å². The van der Waals surface area contributed by atoms with Crippen LogP contribution in [0.3, 0.4) is 0 Å². The van der Waals surface area contributed by atoms with Gasteiger partial charge in [0.05, 0.1) is 0 Å². The molecule has 0 saturated carbocycles. The summed E-state index contributed by atoms with van der Waals surface area (Å²) in [6, 6.07) is 15.3. The van der Waals surface area contributed by atoms with Crippen LogP contribution in [0.5, 0.6) is 0 Å². The molecule has 1 atom stereocenters. The second kappa shape index (κ2) is 6.16. The Morgan fingerprint density at radius 3 is 2.00 bits per heavy atom. The van der Waals surface area contributed by atoms with Crippen LogP contribution in [-0.4, -0.2) is 17.1 Å². The largest absolute Gasteiger partial charge is 0.480 e. The monoisotopic (exact) mass is 367 g/mol. The third-order valence-electron chi connectivity index (χ3n) is 2.90. The van der Waals surface area contributed by atoms with E-state index in [-0.39, 0.29) is 0 Å². The van der Waals surface area contributed by atoms with E-state index in [0.29, 0.717) is 6.42 Å². The highest BCUT2D eigenvalue weighted by Gasteiger charge is 2.11. The summed E-state index contributed by atoms with van der Waals surface area (Å²) < 4.78 is 1.20. The van der Waals surface area contributed by atoms with Crippen molar-refractivity contribution in [3.63, 3.8) is 0 Å². The molecule has 2 aromatic rings. The van der Waals surface area contributed by atoms with E-state index in [0.717, 1.165) is 16.7 Å². The average molecular weight is 367 g/mol. The number of carbonyl (C=O) groups is 1. The van der Waals surface area contributed by atoms with Gasteiger partial charge in [0.2, 0.25) is 0 Å². The molecule has 0 radical (unpaired) electrons. The molecule has 0 saturated heterocycles. The number of rotatable bonds is 4. The molecule has 0 bridgehead atoms. The van der Waals surface area contributed by atoms with Gasteiger partial charge in [0.25, 0.3) is 0 Å². The maximum absolute atomic E-state index is 10.7. The molecule has 0 aromatic heterocycles. The second-order valence-corrected chi connectivity index (χ2v) is 5.60. The Hall–Kier alpha value is -1.40. The van der Waals surface area contributed by atoms with Crippen LogP contribution in [0.2, 0.25) is 0 Å². The van der Waals surface area contributed by atoms with E-state index in [1.807, 2.05) is 24.3 Å². The quantitative estimate of drug-likeness (QED) is 0.817. The van der Waals surface area contributed by atoms with Gasteiger partial charge in [0, 0.05) is 3.57 Å². The fourth-order valence-electron chi connectivity index (χ4n) is 1.82. The highest BCUT2D eigenvalue weighted by atomic mass is 127. The van der Waals surface area contributed by atoms with Crippen molar-refractivity contribution in [2.24, 2.45) is 5.73 Å². The van der Waals surface area contributed by atoms with Crippen LogP contribution in [0, 0.1) is 3.57 Å². The van der Waals surface area contributed by atoms with Crippen molar-refractivity contribution in [1.82, 2.24) is 0 Å². The lowest BCUT2D eigenvalue weighted by Gasteiger charge is -2.07. The first-order chi connectivity index (χ1) is 9.06. The van der Waals surface area contributed by atoms with Gasteiger partial charge in [-0.3, -0.25) is 4.79 Å². The van der Waals surface area contributed by atoms with Crippen LogP contribution >= 0.6 is 22.6 Å². The minimum absolute atomic E-state index is 0.350. The van der Waals surface area contributed by atoms with Crippen molar-refractivity contribution < 1.29 is 9.90 Å². The van der Waals surface area contributed by atoms with E-state index in [1.165, 1.54) is 3.57 Å². The Morgan fingerprint density at radius 2 is 1.53 bits per heavy atom. The zero-order valence-corrected chi connectivity index (χ0v) is 12.4. The first kappa shape index (κ1) is 14.0. The third-order valence-corrected chi connectivity index (χ3v) is 3.62. The topological polar surface area (TPSA) is 63.3 Å². The second-order valence-electron chi connectivity index (χ2n) is 4.35. The maximum atomic E-state index is 10.7. The molecule has 2 rings (SSSR count). The van der Waals surface area contributed by atoms with Crippen LogP contribution < -0.4 is 5.73 Å². The number of carboxylic acid groups (broad SMARTS) is 1. The predicted octanol–water partition coefficient (Wildman–Crippen LogP) is 2.91. The average Bonchev–Trinajstić information content (AvgIpc) is 2.40. The van der Waals surface area contributed by atoms with Crippen LogP contribution in [0.15, 0.2) is 48.5 Å². The molecule has 2 aromatic carbocycles. The Labute approximate surface area is 125 Å². The molecule has 0 fully saturated rings. The van der Waals surface area contributed by atoms with Crippen molar-refractivity contribution in [2.75, 3.05) is 0 Å². The highest BCUT2D eigenvalue weighted by Crippen LogP contribution is 2.21. The number of hydrogen-bond acceptors (Lipinski definition) is 2. The highest BCUT2D eigenvalue weighted by molar-refractivity contribution is 14.1. The maximum Gasteiger partial charge on any atom is 0.320 e. The molecule has 0 amide bonds. The lowest BCUT2D eigenvalue weighted by Crippen LogP contribution is -2.32. The molecule has 98 valence electrons. The summed E-state index contributed by atoms with van der Waals surface area (Å²) in [6.07, 6.45) is 0.350. The molecule has 0 heterocycles. The third kappa shape index (κ3) is 3.78.